The van der Waals surface area contributed by atoms with Crippen LogP contribution in [0.4, 0.5) is 11.4 Å². The first-order valence-electron chi connectivity index (χ1n) is 10.4. The fourth-order valence-corrected chi connectivity index (χ4v) is 4.10. The first-order chi connectivity index (χ1) is 16.0. The van der Waals surface area contributed by atoms with E-state index in [1.165, 1.54) is 23.9 Å². The average molecular weight is 470 g/mol. The van der Waals surface area contributed by atoms with Crippen LogP contribution in [0.1, 0.15) is 11.5 Å². The van der Waals surface area contributed by atoms with Crippen LogP contribution < -0.4 is 9.64 Å². The number of benzene rings is 2. The summed E-state index contributed by atoms with van der Waals surface area (Å²) in [7, 11) is 0. The number of nitrogens with zero attached hydrogens (tertiary/aromatic N) is 5. The highest BCUT2D eigenvalue weighted by Crippen LogP contribution is 2.22. The Morgan fingerprint density at radius 1 is 1.15 bits per heavy atom. The molecule has 1 saturated heterocycles. The van der Waals surface area contributed by atoms with Gasteiger partial charge in [0.2, 0.25) is 5.91 Å². The summed E-state index contributed by atoms with van der Waals surface area (Å²) in [6.45, 7) is 4.63. The van der Waals surface area contributed by atoms with Crippen molar-refractivity contribution in [3.8, 4) is 5.75 Å². The van der Waals surface area contributed by atoms with Crippen molar-refractivity contribution in [2.45, 2.75) is 18.8 Å². The highest BCUT2D eigenvalue weighted by atomic mass is 32.2. The number of hydrogen-bond acceptors (Lipinski definition) is 9. The topological polar surface area (TPSA) is 115 Å². The molecular formula is C22H23N5O5S. The summed E-state index contributed by atoms with van der Waals surface area (Å²) in [5, 5.41) is 19.1. The highest BCUT2D eigenvalue weighted by molar-refractivity contribution is 7.99. The number of non-ortho nitro benzene ring substituents is 1. The quantitative estimate of drug-likeness (QED) is 0.278. The Kier molecular flexibility index (Phi) is 7.08. The van der Waals surface area contributed by atoms with Crippen LogP contribution in [0.5, 0.6) is 5.75 Å². The normalized spacial score (nSPS) is 13.7. The fraction of sp³-hybridized carbons (Fsp3) is 0.318. The van der Waals surface area contributed by atoms with Crippen LogP contribution in [0.3, 0.4) is 0 Å². The zero-order chi connectivity index (χ0) is 23.2. The first-order valence-corrected chi connectivity index (χ1v) is 11.4. The van der Waals surface area contributed by atoms with Gasteiger partial charge in [0, 0.05) is 44.0 Å². The molecule has 2 heterocycles. The smallest absolute Gasteiger partial charge is 0.277 e. The van der Waals surface area contributed by atoms with Crippen LogP contribution >= 0.6 is 11.8 Å². The van der Waals surface area contributed by atoms with E-state index >= 15 is 0 Å². The van der Waals surface area contributed by atoms with Gasteiger partial charge in [-0.3, -0.25) is 14.9 Å². The van der Waals surface area contributed by atoms with E-state index in [0.717, 1.165) is 17.0 Å². The van der Waals surface area contributed by atoms with Gasteiger partial charge in [0.05, 0.1) is 10.7 Å². The number of nitro groups is 1. The van der Waals surface area contributed by atoms with E-state index < -0.39 is 4.92 Å². The largest absolute Gasteiger partial charge is 0.484 e. The van der Waals surface area contributed by atoms with E-state index in [9.17, 15) is 14.9 Å². The van der Waals surface area contributed by atoms with Crippen LogP contribution in [0, 0.1) is 17.0 Å². The maximum atomic E-state index is 12.6. The fourth-order valence-electron chi connectivity index (χ4n) is 3.42. The molecule has 10 nitrogen and oxygen atoms in total. The third-order valence-corrected chi connectivity index (χ3v) is 5.98. The summed E-state index contributed by atoms with van der Waals surface area (Å²) in [6.07, 6.45) is 0. The van der Waals surface area contributed by atoms with Crippen molar-refractivity contribution in [2.75, 3.05) is 36.8 Å². The lowest BCUT2D eigenvalue weighted by Crippen LogP contribution is -2.49. The number of piperazine rings is 1. The Bertz CT molecular complexity index is 1110. The molecule has 0 atom stereocenters. The van der Waals surface area contributed by atoms with Crippen molar-refractivity contribution in [2.24, 2.45) is 0 Å². The minimum Gasteiger partial charge on any atom is -0.484 e. The number of anilines is 1. The van der Waals surface area contributed by atoms with Gasteiger partial charge >= 0.3 is 0 Å². The Morgan fingerprint density at radius 2 is 1.91 bits per heavy atom. The number of thioether (sulfide) groups is 1. The molecule has 4 rings (SSSR count). The highest BCUT2D eigenvalue weighted by Gasteiger charge is 2.22. The molecule has 2 aromatic carbocycles. The monoisotopic (exact) mass is 469 g/mol. The van der Waals surface area contributed by atoms with E-state index in [2.05, 4.69) is 15.1 Å². The number of aromatic nitrogens is 2. The number of ether oxygens (including phenoxy) is 1. The van der Waals surface area contributed by atoms with Crippen molar-refractivity contribution in [1.29, 1.82) is 0 Å². The van der Waals surface area contributed by atoms with Crippen LogP contribution in [-0.4, -0.2) is 57.9 Å². The molecule has 1 aliphatic heterocycles. The van der Waals surface area contributed by atoms with E-state index in [-0.39, 0.29) is 24.0 Å². The molecule has 1 aliphatic rings. The van der Waals surface area contributed by atoms with E-state index in [1.807, 2.05) is 31.2 Å². The maximum Gasteiger partial charge on any atom is 0.277 e. The van der Waals surface area contributed by atoms with Gasteiger partial charge in [0.25, 0.3) is 16.8 Å². The number of carbonyl (C=O) groups excluding carboxylic acids is 1. The lowest BCUT2D eigenvalue weighted by atomic mass is 10.2. The molecule has 0 unspecified atom stereocenters. The van der Waals surface area contributed by atoms with Crippen molar-refractivity contribution in [3.05, 3.63) is 70.1 Å². The summed E-state index contributed by atoms with van der Waals surface area (Å²) in [5.41, 5.74) is 2.07. The molecule has 1 aromatic heterocycles. The predicted octanol–water partition coefficient (Wildman–Crippen LogP) is 3.31. The number of carbonyl (C=O) groups is 1. The molecule has 0 spiro atoms. The predicted molar refractivity (Wildman–Crippen MR) is 122 cm³/mol. The third kappa shape index (κ3) is 6.01. The van der Waals surface area contributed by atoms with Crippen molar-refractivity contribution < 1.29 is 18.9 Å². The van der Waals surface area contributed by atoms with Gasteiger partial charge in [-0.15, -0.1) is 10.2 Å². The second-order valence-electron chi connectivity index (χ2n) is 7.50. The first kappa shape index (κ1) is 22.6. The number of rotatable bonds is 8. The minimum absolute atomic E-state index is 0.000824. The second-order valence-corrected chi connectivity index (χ2v) is 8.42. The van der Waals surface area contributed by atoms with Gasteiger partial charge in [-0.2, -0.15) is 0 Å². The summed E-state index contributed by atoms with van der Waals surface area (Å²) < 4.78 is 11.2. The van der Waals surface area contributed by atoms with Gasteiger partial charge < -0.3 is 19.0 Å². The van der Waals surface area contributed by atoms with E-state index in [0.29, 0.717) is 37.3 Å². The lowest BCUT2D eigenvalue weighted by molar-refractivity contribution is -0.384. The number of nitro benzene ring substituents is 1. The number of aryl methyl sites for hydroxylation is 1. The van der Waals surface area contributed by atoms with Crippen molar-refractivity contribution in [1.82, 2.24) is 15.1 Å². The molecule has 172 valence electrons. The van der Waals surface area contributed by atoms with Crippen molar-refractivity contribution in [3.63, 3.8) is 0 Å². The SMILES string of the molecule is Cc1cccc(OCc2nnc(SCC(=O)N3CCN(c4ccc([N+](=O)[O-])cc4)CC3)o2)c1. The van der Waals surface area contributed by atoms with Crippen LogP contribution in [0.25, 0.3) is 0 Å². The third-order valence-electron chi connectivity index (χ3n) is 5.18. The molecule has 3 aromatic rings. The molecule has 0 N–H and O–H groups in total. The Morgan fingerprint density at radius 3 is 2.61 bits per heavy atom. The zero-order valence-electron chi connectivity index (χ0n) is 18.0. The molecule has 0 aliphatic carbocycles. The zero-order valence-corrected chi connectivity index (χ0v) is 18.9. The van der Waals surface area contributed by atoms with Gasteiger partial charge in [0.1, 0.15) is 5.75 Å². The van der Waals surface area contributed by atoms with Crippen LogP contribution in [-0.2, 0) is 11.4 Å². The molecule has 0 radical (unpaired) electrons. The van der Waals surface area contributed by atoms with Gasteiger partial charge in [-0.25, -0.2) is 0 Å². The van der Waals surface area contributed by atoms with Crippen LogP contribution in [0.2, 0.25) is 0 Å². The average Bonchev–Trinajstić information content (AvgIpc) is 3.29. The summed E-state index contributed by atoms with van der Waals surface area (Å²) in [5.74, 6) is 1.28. The summed E-state index contributed by atoms with van der Waals surface area (Å²) in [4.78, 5) is 26.9. The molecule has 0 saturated carbocycles. The number of amides is 1. The van der Waals surface area contributed by atoms with Gasteiger partial charge in [0.15, 0.2) is 6.61 Å². The van der Waals surface area contributed by atoms with Gasteiger partial charge in [-0.05, 0) is 36.8 Å². The molecule has 1 amide bonds. The molecule has 0 bridgehead atoms. The summed E-state index contributed by atoms with van der Waals surface area (Å²) >= 11 is 1.20. The number of hydrogen-bond donors (Lipinski definition) is 0. The maximum absolute atomic E-state index is 12.6. The minimum atomic E-state index is -0.415. The molecule has 11 heteroatoms. The van der Waals surface area contributed by atoms with E-state index in [1.54, 1.807) is 17.0 Å². The van der Waals surface area contributed by atoms with E-state index in [4.69, 9.17) is 9.15 Å². The Balaban J connectivity index is 1.21. The standard InChI is InChI=1S/C22H23N5O5S/c1-16-3-2-4-19(13-16)31-14-20-23-24-22(32-20)33-15-21(28)26-11-9-25(10-12-26)17-5-7-18(8-6-17)27(29)30/h2-8,13H,9-12,14-15H2,1H3. The lowest BCUT2D eigenvalue weighted by Gasteiger charge is -2.36. The van der Waals surface area contributed by atoms with Gasteiger partial charge in [-0.1, -0.05) is 23.9 Å². The second kappa shape index (κ2) is 10.3. The molecule has 1 fully saturated rings. The molecule has 33 heavy (non-hydrogen) atoms. The van der Waals surface area contributed by atoms with Crippen molar-refractivity contribution >= 4 is 29.0 Å². The van der Waals surface area contributed by atoms with Crippen LogP contribution in [0.15, 0.2) is 58.2 Å². The molecular weight excluding hydrogens is 446 g/mol. The summed E-state index contributed by atoms with van der Waals surface area (Å²) in [6, 6.07) is 14.1. The Labute approximate surface area is 194 Å². The Hall–Kier alpha value is -3.60.